The molecule has 0 saturated heterocycles. The number of aromatic nitrogens is 1. The molecule has 0 spiro atoms. The number of carbonyl (C=O) groups excluding carboxylic acids is 1. The van der Waals surface area contributed by atoms with Gasteiger partial charge < -0.3 is 10.3 Å². The Bertz CT molecular complexity index is 827. The van der Waals surface area contributed by atoms with Gasteiger partial charge in [-0.25, -0.2) is 4.39 Å². The smallest absolute Gasteiger partial charge is 0.261 e. The lowest BCUT2D eigenvalue weighted by Gasteiger charge is -2.21. The van der Waals surface area contributed by atoms with Crippen LogP contribution in [0.1, 0.15) is 46.4 Å². The summed E-state index contributed by atoms with van der Waals surface area (Å²) in [5.74, 6) is -0.255. The minimum atomic E-state index is -0.353. The van der Waals surface area contributed by atoms with Gasteiger partial charge in [0.05, 0.1) is 0 Å². The molecule has 1 aliphatic rings. The molecule has 3 rings (SSSR count). The standard InChI is InChI=1S/C20H23FN2O2/c1-12-10-17(19(24)22-13(12)2)20(25)23-18-5-3-4-15(18)11-14-6-8-16(21)9-7-14/h6-10,15,18H,3-5,11H2,1-2H3,(H,22,24)(H,23,25)/t15-,18-/m0/s1. The van der Waals surface area contributed by atoms with Crippen LogP contribution in [-0.2, 0) is 6.42 Å². The van der Waals surface area contributed by atoms with Gasteiger partial charge in [-0.3, -0.25) is 9.59 Å². The van der Waals surface area contributed by atoms with Gasteiger partial charge in [0.15, 0.2) is 0 Å². The van der Waals surface area contributed by atoms with Gasteiger partial charge in [0.2, 0.25) is 0 Å². The van der Waals surface area contributed by atoms with E-state index < -0.39 is 0 Å². The van der Waals surface area contributed by atoms with E-state index in [4.69, 9.17) is 0 Å². The number of hydrogen-bond donors (Lipinski definition) is 2. The van der Waals surface area contributed by atoms with Gasteiger partial charge in [-0.1, -0.05) is 18.6 Å². The Kier molecular flexibility index (Phi) is 5.02. The van der Waals surface area contributed by atoms with Crippen molar-refractivity contribution < 1.29 is 9.18 Å². The Balaban J connectivity index is 1.71. The fraction of sp³-hybridized carbons (Fsp3) is 0.400. The number of hydrogen-bond acceptors (Lipinski definition) is 2. The van der Waals surface area contributed by atoms with Crippen LogP contribution in [0.2, 0.25) is 0 Å². The molecule has 2 N–H and O–H groups in total. The molecule has 0 unspecified atom stereocenters. The monoisotopic (exact) mass is 342 g/mol. The highest BCUT2D eigenvalue weighted by Gasteiger charge is 2.29. The Labute approximate surface area is 146 Å². The van der Waals surface area contributed by atoms with Crippen LogP contribution in [0.25, 0.3) is 0 Å². The van der Waals surface area contributed by atoms with Crippen LogP contribution >= 0.6 is 0 Å². The largest absolute Gasteiger partial charge is 0.349 e. The second-order valence-corrected chi connectivity index (χ2v) is 6.92. The molecule has 1 amide bonds. The molecule has 1 aliphatic carbocycles. The molecule has 1 fully saturated rings. The highest BCUT2D eigenvalue weighted by Crippen LogP contribution is 2.29. The van der Waals surface area contributed by atoms with E-state index >= 15 is 0 Å². The summed E-state index contributed by atoms with van der Waals surface area (Å²) in [5.41, 5.74) is 2.54. The molecule has 2 atom stereocenters. The van der Waals surface area contributed by atoms with Crippen LogP contribution in [0, 0.1) is 25.6 Å². The van der Waals surface area contributed by atoms with E-state index in [1.165, 1.54) is 12.1 Å². The van der Waals surface area contributed by atoms with Crippen molar-refractivity contribution >= 4 is 5.91 Å². The Morgan fingerprint density at radius 2 is 1.96 bits per heavy atom. The maximum absolute atomic E-state index is 13.0. The third-order valence-corrected chi connectivity index (χ3v) is 5.13. The second-order valence-electron chi connectivity index (χ2n) is 6.92. The SMILES string of the molecule is Cc1cc(C(=O)N[C@H]2CCC[C@H]2Cc2ccc(F)cc2)c(=O)[nH]c1C. The van der Waals surface area contributed by atoms with Crippen molar-refractivity contribution in [2.75, 3.05) is 0 Å². The summed E-state index contributed by atoms with van der Waals surface area (Å²) in [6.07, 6.45) is 3.76. The lowest BCUT2D eigenvalue weighted by molar-refractivity contribution is 0.0926. The van der Waals surface area contributed by atoms with Gasteiger partial charge in [0.25, 0.3) is 11.5 Å². The number of aromatic amines is 1. The van der Waals surface area contributed by atoms with Gasteiger partial charge in [-0.05, 0) is 68.4 Å². The van der Waals surface area contributed by atoms with E-state index in [1.54, 1.807) is 18.2 Å². The number of rotatable bonds is 4. The summed E-state index contributed by atoms with van der Waals surface area (Å²) in [4.78, 5) is 27.3. The maximum Gasteiger partial charge on any atom is 0.261 e. The minimum Gasteiger partial charge on any atom is -0.349 e. The third kappa shape index (κ3) is 3.98. The van der Waals surface area contributed by atoms with Gasteiger partial charge in [-0.15, -0.1) is 0 Å². The number of halogens is 1. The predicted octanol–water partition coefficient (Wildman–Crippen LogP) is 3.27. The summed E-state index contributed by atoms with van der Waals surface area (Å²) in [7, 11) is 0. The first kappa shape index (κ1) is 17.4. The number of nitrogens with one attached hydrogen (secondary N) is 2. The van der Waals surface area contributed by atoms with Crippen molar-refractivity contribution in [1.82, 2.24) is 10.3 Å². The molecule has 2 aromatic rings. The predicted molar refractivity (Wildman–Crippen MR) is 95.2 cm³/mol. The number of aryl methyl sites for hydroxylation is 2. The Morgan fingerprint density at radius 3 is 2.68 bits per heavy atom. The molecule has 1 aromatic carbocycles. The van der Waals surface area contributed by atoms with E-state index in [9.17, 15) is 14.0 Å². The summed E-state index contributed by atoms with van der Waals surface area (Å²) < 4.78 is 13.0. The van der Waals surface area contributed by atoms with E-state index in [0.717, 1.165) is 42.5 Å². The molecule has 4 nitrogen and oxygen atoms in total. The Hall–Kier alpha value is -2.43. The first-order chi connectivity index (χ1) is 11.9. The molecule has 1 saturated carbocycles. The number of benzene rings is 1. The van der Waals surface area contributed by atoms with Gasteiger partial charge in [0, 0.05) is 11.7 Å². The van der Waals surface area contributed by atoms with E-state index in [0.29, 0.717) is 5.92 Å². The van der Waals surface area contributed by atoms with Gasteiger partial charge >= 0.3 is 0 Å². The second kappa shape index (κ2) is 7.21. The van der Waals surface area contributed by atoms with E-state index in [2.05, 4.69) is 10.3 Å². The first-order valence-corrected chi connectivity index (χ1v) is 8.70. The van der Waals surface area contributed by atoms with Crippen LogP contribution in [0.3, 0.4) is 0 Å². The fourth-order valence-electron chi connectivity index (χ4n) is 3.54. The van der Waals surface area contributed by atoms with E-state index in [-0.39, 0.29) is 28.9 Å². The molecule has 25 heavy (non-hydrogen) atoms. The van der Waals surface area contributed by atoms with Crippen molar-refractivity contribution in [2.24, 2.45) is 5.92 Å². The van der Waals surface area contributed by atoms with Crippen molar-refractivity contribution in [2.45, 2.75) is 45.6 Å². The third-order valence-electron chi connectivity index (χ3n) is 5.13. The minimum absolute atomic E-state index is 0.0403. The van der Waals surface area contributed by atoms with Crippen molar-refractivity contribution in [3.63, 3.8) is 0 Å². The molecule has 132 valence electrons. The molecule has 0 aliphatic heterocycles. The number of H-pyrrole nitrogens is 1. The molecule has 1 heterocycles. The zero-order valence-corrected chi connectivity index (χ0v) is 14.6. The number of pyridine rings is 1. The Morgan fingerprint density at radius 1 is 1.24 bits per heavy atom. The van der Waals surface area contributed by atoms with Gasteiger partial charge in [-0.2, -0.15) is 0 Å². The summed E-state index contributed by atoms with van der Waals surface area (Å²) in [6.45, 7) is 3.68. The zero-order valence-electron chi connectivity index (χ0n) is 14.6. The van der Waals surface area contributed by atoms with Gasteiger partial charge in [0.1, 0.15) is 11.4 Å². The normalized spacial score (nSPS) is 19.8. The summed E-state index contributed by atoms with van der Waals surface area (Å²) in [6, 6.07) is 8.20. The molecule has 0 bridgehead atoms. The van der Waals surface area contributed by atoms with Crippen LogP contribution in [0.4, 0.5) is 4.39 Å². The lowest BCUT2D eigenvalue weighted by atomic mass is 9.94. The molecule has 1 aromatic heterocycles. The maximum atomic E-state index is 13.0. The topological polar surface area (TPSA) is 62.0 Å². The summed E-state index contributed by atoms with van der Waals surface area (Å²) >= 11 is 0. The number of amides is 1. The van der Waals surface area contributed by atoms with Crippen LogP contribution in [0.15, 0.2) is 35.1 Å². The highest BCUT2D eigenvalue weighted by molar-refractivity contribution is 5.94. The highest BCUT2D eigenvalue weighted by atomic mass is 19.1. The molecule has 0 radical (unpaired) electrons. The molecular weight excluding hydrogens is 319 g/mol. The van der Waals surface area contributed by atoms with Crippen LogP contribution in [0.5, 0.6) is 0 Å². The van der Waals surface area contributed by atoms with Crippen LogP contribution < -0.4 is 10.9 Å². The fourth-order valence-corrected chi connectivity index (χ4v) is 3.54. The average molecular weight is 342 g/mol. The molecular formula is C20H23FN2O2. The number of carbonyl (C=O) groups is 1. The summed E-state index contributed by atoms with van der Waals surface area (Å²) in [5, 5.41) is 3.03. The zero-order chi connectivity index (χ0) is 18.0. The van der Waals surface area contributed by atoms with Crippen LogP contribution in [-0.4, -0.2) is 16.9 Å². The first-order valence-electron chi connectivity index (χ1n) is 8.70. The van der Waals surface area contributed by atoms with Crippen molar-refractivity contribution in [1.29, 1.82) is 0 Å². The van der Waals surface area contributed by atoms with Crippen molar-refractivity contribution in [3.8, 4) is 0 Å². The molecule has 5 heteroatoms. The quantitative estimate of drug-likeness (QED) is 0.896. The van der Waals surface area contributed by atoms with Crippen molar-refractivity contribution in [3.05, 3.63) is 68.9 Å². The lowest BCUT2D eigenvalue weighted by Crippen LogP contribution is -2.40. The average Bonchev–Trinajstić information content (AvgIpc) is 3.00. The van der Waals surface area contributed by atoms with E-state index in [1.807, 2.05) is 13.8 Å².